The summed E-state index contributed by atoms with van der Waals surface area (Å²) in [6.45, 7) is 7.34. The van der Waals surface area contributed by atoms with E-state index < -0.39 is 23.8 Å². The number of fused-ring (bicyclic) bond motifs is 2. The highest BCUT2D eigenvalue weighted by molar-refractivity contribution is 9.10. The summed E-state index contributed by atoms with van der Waals surface area (Å²) >= 11 is 6.63. The average molecular weight is 822 g/mol. The molecule has 6 rings (SSSR count). The van der Waals surface area contributed by atoms with Crippen molar-refractivity contribution in [3.05, 3.63) is 139 Å². The fourth-order valence-electron chi connectivity index (χ4n) is 4.62. The van der Waals surface area contributed by atoms with Crippen LogP contribution < -0.4 is 20.6 Å². The highest BCUT2D eigenvalue weighted by Gasteiger charge is 2.31. The van der Waals surface area contributed by atoms with Crippen LogP contribution in [-0.2, 0) is 0 Å². The van der Waals surface area contributed by atoms with Gasteiger partial charge in [-0.1, -0.05) is 43.5 Å². The Balaban J connectivity index is 0.000000194. The Morgan fingerprint density at radius 1 is 0.560 bits per heavy atom. The lowest BCUT2D eigenvalue weighted by Crippen LogP contribution is -2.22. The Morgan fingerprint density at radius 3 is 1.36 bits per heavy atom. The summed E-state index contributed by atoms with van der Waals surface area (Å²) in [7, 11) is 0. The molecule has 0 fully saturated rings. The van der Waals surface area contributed by atoms with Gasteiger partial charge in [-0.2, -0.15) is 19.6 Å². The minimum atomic E-state index is -4.77. The van der Waals surface area contributed by atoms with Crippen molar-refractivity contribution in [1.82, 2.24) is 19.6 Å². The average Bonchev–Trinajstić information content (AvgIpc) is 3.07. The van der Waals surface area contributed by atoms with Crippen LogP contribution in [0.1, 0.15) is 11.1 Å². The number of aromatic nitrogens is 4. The van der Waals surface area contributed by atoms with E-state index in [1.54, 1.807) is 48.6 Å². The van der Waals surface area contributed by atoms with Crippen molar-refractivity contribution in [1.29, 1.82) is 0 Å². The maximum atomic E-state index is 12.7. The lowest BCUT2D eigenvalue weighted by atomic mass is 10.1. The molecule has 2 aromatic heterocycles. The molecule has 4 aromatic carbocycles. The summed E-state index contributed by atoms with van der Waals surface area (Å²) in [4.78, 5) is 25.3. The molecular weight excluding hydrogens is 802 g/mol. The van der Waals surface area contributed by atoms with Gasteiger partial charge in [-0.25, -0.2) is 0 Å². The Morgan fingerprint density at radius 2 is 0.940 bits per heavy atom. The Bertz CT molecular complexity index is 2360. The number of nitrogens with zero attached hydrogens (tertiary/aromatic N) is 4. The molecule has 0 radical (unpaired) electrons. The number of halogens is 8. The van der Waals surface area contributed by atoms with E-state index in [-0.39, 0.29) is 11.5 Å². The molecule has 256 valence electrons. The van der Waals surface area contributed by atoms with Gasteiger partial charge in [0.2, 0.25) is 0 Å². The van der Waals surface area contributed by atoms with E-state index in [1.807, 2.05) is 0 Å². The first-order chi connectivity index (χ1) is 23.6. The molecule has 50 heavy (non-hydrogen) atoms. The fourth-order valence-corrected chi connectivity index (χ4v) is 5.61. The SMILES string of the molecule is C=Cc1ccc2c(=O)n(-c3ccc(OC(F)(F)F)cc3)nc(Br)c2c1.C=Cc1ccc2c(Br)nn(-c3ccc(OC(F)(F)F)cc3)c(=O)c2c1. The van der Waals surface area contributed by atoms with Crippen LogP contribution in [0.15, 0.2) is 117 Å². The van der Waals surface area contributed by atoms with E-state index in [1.165, 1.54) is 24.3 Å². The first kappa shape index (κ1) is 36.1. The zero-order valence-electron chi connectivity index (χ0n) is 25.1. The van der Waals surface area contributed by atoms with Crippen LogP contribution in [0.25, 0.3) is 45.1 Å². The second-order valence-corrected chi connectivity index (χ2v) is 11.6. The molecule has 2 heterocycles. The normalized spacial score (nSPS) is 11.5. The summed E-state index contributed by atoms with van der Waals surface area (Å²) in [5.74, 6) is -0.752. The van der Waals surface area contributed by atoms with Gasteiger partial charge in [0.15, 0.2) is 0 Å². The molecule has 6 aromatic rings. The quantitative estimate of drug-likeness (QED) is 0.156. The molecule has 0 saturated carbocycles. The van der Waals surface area contributed by atoms with Crippen LogP contribution in [0.4, 0.5) is 26.3 Å². The van der Waals surface area contributed by atoms with Gasteiger partial charge in [0.1, 0.15) is 20.7 Å². The number of benzene rings is 4. The minimum Gasteiger partial charge on any atom is -0.406 e. The molecule has 0 saturated heterocycles. The standard InChI is InChI=1S/2C17H10BrF3N2O2/c1-2-10-3-8-13-14(9-10)15(18)22-23(16(13)24)11-4-6-12(7-5-11)25-17(19,20)21;1-2-10-3-8-13-14(9-10)16(24)23(22-15(13)18)11-4-6-12(7-5-11)25-17(19,20)21/h2*2-9H,1H2. The number of hydrogen-bond donors (Lipinski definition) is 0. The zero-order chi connectivity index (χ0) is 36.4. The molecule has 0 aliphatic carbocycles. The summed E-state index contributed by atoms with van der Waals surface area (Å²) in [6, 6.07) is 20.2. The van der Waals surface area contributed by atoms with E-state index in [0.29, 0.717) is 42.1 Å². The number of rotatable bonds is 6. The molecule has 0 aliphatic rings. The zero-order valence-corrected chi connectivity index (χ0v) is 28.3. The third-order valence-corrected chi connectivity index (χ3v) is 8.03. The predicted molar refractivity (Wildman–Crippen MR) is 184 cm³/mol. The minimum absolute atomic E-state index is 0.311. The smallest absolute Gasteiger partial charge is 0.406 e. The highest BCUT2D eigenvalue weighted by Crippen LogP contribution is 2.27. The molecule has 0 unspecified atom stereocenters. The predicted octanol–water partition coefficient (Wildman–Crippen LogP) is 9.38. The van der Waals surface area contributed by atoms with Crippen LogP contribution in [0.5, 0.6) is 11.5 Å². The van der Waals surface area contributed by atoms with Crippen LogP contribution in [0, 0.1) is 0 Å². The highest BCUT2D eigenvalue weighted by atomic mass is 79.9. The van der Waals surface area contributed by atoms with Crippen molar-refractivity contribution >= 4 is 65.6 Å². The fraction of sp³-hybridized carbons (Fsp3) is 0.0588. The van der Waals surface area contributed by atoms with Gasteiger partial charge in [0.25, 0.3) is 11.1 Å². The van der Waals surface area contributed by atoms with Gasteiger partial charge in [0, 0.05) is 10.8 Å². The molecule has 8 nitrogen and oxygen atoms in total. The van der Waals surface area contributed by atoms with Crippen LogP contribution in [0.2, 0.25) is 0 Å². The molecule has 16 heteroatoms. The first-order valence-electron chi connectivity index (χ1n) is 14.0. The van der Waals surface area contributed by atoms with Gasteiger partial charge < -0.3 is 9.47 Å². The maximum absolute atomic E-state index is 12.7. The molecule has 0 amide bonds. The van der Waals surface area contributed by atoms with Crippen LogP contribution in [0.3, 0.4) is 0 Å². The van der Waals surface area contributed by atoms with E-state index >= 15 is 0 Å². The summed E-state index contributed by atoms with van der Waals surface area (Å²) < 4.78 is 84.0. The molecule has 0 bridgehead atoms. The molecular formula is C34H20Br2F6N4O4. The third kappa shape index (κ3) is 8.31. The van der Waals surface area contributed by atoms with Gasteiger partial charge in [-0.3, -0.25) is 9.59 Å². The van der Waals surface area contributed by atoms with Crippen molar-refractivity contribution < 1.29 is 35.8 Å². The van der Waals surface area contributed by atoms with Crippen molar-refractivity contribution in [2.45, 2.75) is 12.7 Å². The molecule has 0 N–H and O–H groups in total. The van der Waals surface area contributed by atoms with Crippen molar-refractivity contribution in [2.24, 2.45) is 0 Å². The van der Waals surface area contributed by atoms with E-state index in [4.69, 9.17) is 0 Å². The van der Waals surface area contributed by atoms with Gasteiger partial charge in [0.05, 0.1) is 22.1 Å². The largest absolute Gasteiger partial charge is 0.573 e. The van der Waals surface area contributed by atoms with E-state index in [0.717, 1.165) is 44.8 Å². The molecule has 0 atom stereocenters. The second kappa shape index (κ2) is 14.3. The lowest BCUT2D eigenvalue weighted by molar-refractivity contribution is -0.275. The van der Waals surface area contributed by atoms with Gasteiger partial charge in [-0.15, -0.1) is 26.3 Å². The lowest BCUT2D eigenvalue weighted by Gasteiger charge is -2.11. The number of alkyl halides is 6. The summed E-state index contributed by atoms with van der Waals surface area (Å²) in [6.07, 6.45) is -6.28. The van der Waals surface area contributed by atoms with Crippen molar-refractivity contribution in [2.75, 3.05) is 0 Å². The van der Waals surface area contributed by atoms with Crippen molar-refractivity contribution in [3.8, 4) is 22.9 Å². The third-order valence-electron chi connectivity index (χ3n) is 6.85. The maximum Gasteiger partial charge on any atom is 0.573 e. The van der Waals surface area contributed by atoms with Crippen molar-refractivity contribution in [3.63, 3.8) is 0 Å². The van der Waals surface area contributed by atoms with Crippen LogP contribution in [-0.4, -0.2) is 32.3 Å². The first-order valence-corrected chi connectivity index (χ1v) is 15.6. The number of ether oxygens (including phenoxy) is 2. The van der Waals surface area contributed by atoms with Gasteiger partial charge in [-0.05, 0) is 110 Å². The Kier molecular flexibility index (Phi) is 10.3. The summed E-state index contributed by atoms with van der Waals surface area (Å²) in [5.41, 5.74) is 1.44. The monoisotopic (exact) mass is 820 g/mol. The van der Waals surface area contributed by atoms with E-state index in [2.05, 4.69) is 64.7 Å². The van der Waals surface area contributed by atoms with Gasteiger partial charge >= 0.3 is 12.7 Å². The Labute approximate surface area is 294 Å². The topological polar surface area (TPSA) is 88.2 Å². The molecule has 0 spiro atoms. The Hall–Kier alpha value is -5.22. The summed E-state index contributed by atoms with van der Waals surface area (Å²) in [5, 5.41) is 10.4. The van der Waals surface area contributed by atoms with E-state index in [9.17, 15) is 35.9 Å². The number of hydrogen-bond acceptors (Lipinski definition) is 6. The molecule has 0 aliphatic heterocycles. The second-order valence-electron chi connectivity index (χ2n) is 10.1. The van der Waals surface area contributed by atoms with Crippen LogP contribution >= 0.6 is 31.9 Å².